The number of halogens is 1. The van der Waals surface area contributed by atoms with E-state index in [1.807, 2.05) is 0 Å². The lowest BCUT2D eigenvalue weighted by Crippen LogP contribution is -2.07. The highest BCUT2D eigenvalue weighted by molar-refractivity contribution is 9.10. The normalized spacial score (nSPS) is 10.3. The zero-order valence-corrected chi connectivity index (χ0v) is 12.5. The molecule has 0 aliphatic heterocycles. The zero-order chi connectivity index (χ0) is 12.8. The second kappa shape index (κ2) is 6.70. The van der Waals surface area contributed by atoms with Gasteiger partial charge >= 0.3 is 0 Å². The Morgan fingerprint density at radius 2 is 2.06 bits per heavy atom. The van der Waals surface area contributed by atoms with Gasteiger partial charge in [0.05, 0.1) is 0 Å². The monoisotopic (exact) mass is 326 g/mol. The summed E-state index contributed by atoms with van der Waals surface area (Å²) in [6, 6.07) is 2.10. The fraction of sp³-hybridized carbons (Fsp3) is 0.333. The molecule has 2 aromatic rings. The number of nitrogens with one attached hydrogen (secondary N) is 2. The predicted octanol–water partition coefficient (Wildman–Crippen LogP) is 3.73. The minimum Gasteiger partial charge on any atom is -0.369 e. The maximum absolute atomic E-state index is 4.24. The molecule has 18 heavy (non-hydrogen) atoms. The molecule has 4 nitrogen and oxygen atoms in total. The van der Waals surface area contributed by atoms with Crippen molar-refractivity contribution in [3.05, 3.63) is 33.2 Å². The summed E-state index contributed by atoms with van der Waals surface area (Å²) in [5, 5.41) is 10.8. The van der Waals surface area contributed by atoms with Gasteiger partial charge in [-0.25, -0.2) is 9.97 Å². The molecule has 2 heterocycles. The van der Waals surface area contributed by atoms with Crippen LogP contribution in [-0.2, 0) is 6.54 Å². The first-order valence-corrected chi connectivity index (χ1v) is 7.54. The van der Waals surface area contributed by atoms with Crippen molar-refractivity contribution >= 4 is 38.9 Å². The third-order valence-corrected chi connectivity index (χ3v) is 3.86. The van der Waals surface area contributed by atoms with Crippen molar-refractivity contribution in [3.63, 3.8) is 0 Å². The van der Waals surface area contributed by atoms with Gasteiger partial charge in [0.2, 0.25) is 0 Å². The first-order valence-electron chi connectivity index (χ1n) is 5.80. The molecule has 0 aliphatic carbocycles. The molecular weight excluding hydrogens is 312 g/mol. The molecule has 2 aromatic heterocycles. The number of anilines is 2. The van der Waals surface area contributed by atoms with E-state index in [-0.39, 0.29) is 0 Å². The lowest BCUT2D eigenvalue weighted by molar-refractivity contribution is 0.960. The molecule has 2 rings (SSSR count). The van der Waals surface area contributed by atoms with Gasteiger partial charge in [0.25, 0.3) is 0 Å². The van der Waals surface area contributed by atoms with Gasteiger partial charge < -0.3 is 10.6 Å². The average molecular weight is 327 g/mol. The minimum absolute atomic E-state index is 0.770. The van der Waals surface area contributed by atoms with E-state index in [4.69, 9.17) is 0 Å². The third kappa shape index (κ3) is 3.43. The van der Waals surface area contributed by atoms with Gasteiger partial charge in [0.15, 0.2) is 0 Å². The van der Waals surface area contributed by atoms with E-state index in [9.17, 15) is 0 Å². The van der Waals surface area contributed by atoms with Crippen LogP contribution in [0, 0.1) is 0 Å². The highest BCUT2D eigenvalue weighted by atomic mass is 79.9. The number of thiophene rings is 1. The number of hydrogen-bond acceptors (Lipinski definition) is 5. The van der Waals surface area contributed by atoms with E-state index < -0.39 is 0 Å². The first-order chi connectivity index (χ1) is 8.81. The second-order valence-corrected chi connectivity index (χ2v) is 5.37. The van der Waals surface area contributed by atoms with Gasteiger partial charge in [0, 0.05) is 13.1 Å². The molecule has 96 valence electrons. The highest BCUT2D eigenvalue weighted by Crippen LogP contribution is 2.26. The first kappa shape index (κ1) is 13.3. The number of nitrogens with zero attached hydrogens (tertiary/aromatic N) is 2. The van der Waals surface area contributed by atoms with Crippen LogP contribution < -0.4 is 10.6 Å². The summed E-state index contributed by atoms with van der Waals surface area (Å²) in [5.74, 6) is 1.65. The molecule has 0 saturated carbocycles. The fourth-order valence-corrected chi connectivity index (χ4v) is 2.59. The molecule has 0 atom stereocenters. The van der Waals surface area contributed by atoms with Gasteiger partial charge in [0.1, 0.15) is 22.4 Å². The van der Waals surface area contributed by atoms with Gasteiger partial charge in [-0.15, -0.1) is 0 Å². The molecule has 0 unspecified atom stereocenters. The van der Waals surface area contributed by atoms with Crippen molar-refractivity contribution in [3.8, 4) is 0 Å². The second-order valence-electron chi connectivity index (χ2n) is 3.80. The smallest absolute Gasteiger partial charge is 0.146 e. The number of rotatable bonds is 6. The Hall–Kier alpha value is -1.14. The molecule has 0 fully saturated rings. The number of aromatic nitrogens is 2. The van der Waals surface area contributed by atoms with E-state index >= 15 is 0 Å². The fourth-order valence-electron chi connectivity index (χ4n) is 1.44. The molecule has 0 aromatic carbocycles. The van der Waals surface area contributed by atoms with Crippen molar-refractivity contribution in [2.75, 3.05) is 17.2 Å². The predicted molar refractivity (Wildman–Crippen MR) is 80.2 cm³/mol. The SMILES string of the molecule is CCCNc1ncnc(NCc2ccsc2)c1Br. The Morgan fingerprint density at radius 1 is 1.28 bits per heavy atom. The van der Waals surface area contributed by atoms with Crippen molar-refractivity contribution < 1.29 is 0 Å². The Bertz CT molecular complexity index is 487. The van der Waals surface area contributed by atoms with Gasteiger partial charge in [-0.1, -0.05) is 6.92 Å². The molecule has 0 radical (unpaired) electrons. The van der Waals surface area contributed by atoms with Crippen LogP contribution in [-0.4, -0.2) is 16.5 Å². The third-order valence-electron chi connectivity index (χ3n) is 2.37. The van der Waals surface area contributed by atoms with Crippen LogP contribution in [0.2, 0.25) is 0 Å². The van der Waals surface area contributed by atoms with Crippen LogP contribution in [0.25, 0.3) is 0 Å². The quantitative estimate of drug-likeness (QED) is 0.849. The van der Waals surface area contributed by atoms with Gasteiger partial charge in [-0.2, -0.15) is 11.3 Å². The Balaban J connectivity index is 2.03. The Morgan fingerprint density at radius 3 is 2.72 bits per heavy atom. The molecule has 6 heteroatoms. The summed E-state index contributed by atoms with van der Waals surface area (Å²) in [6.07, 6.45) is 2.63. The zero-order valence-electron chi connectivity index (χ0n) is 10.1. The number of hydrogen-bond donors (Lipinski definition) is 2. The van der Waals surface area contributed by atoms with E-state index in [2.05, 4.69) is 60.3 Å². The summed E-state index contributed by atoms with van der Waals surface area (Å²) < 4.78 is 0.883. The van der Waals surface area contributed by atoms with Crippen LogP contribution in [0.15, 0.2) is 27.6 Å². The summed E-state index contributed by atoms with van der Waals surface area (Å²) in [7, 11) is 0. The average Bonchev–Trinajstić information content (AvgIpc) is 2.89. The van der Waals surface area contributed by atoms with Crippen molar-refractivity contribution in [2.45, 2.75) is 19.9 Å². The molecule has 0 saturated heterocycles. The van der Waals surface area contributed by atoms with Crippen molar-refractivity contribution in [1.29, 1.82) is 0 Å². The summed E-state index contributed by atoms with van der Waals surface area (Å²) >= 11 is 5.22. The summed E-state index contributed by atoms with van der Waals surface area (Å²) in [5.41, 5.74) is 1.26. The van der Waals surface area contributed by atoms with E-state index in [0.717, 1.165) is 35.6 Å². The molecule has 0 spiro atoms. The Kier molecular flexibility index (Phi) is 4.95. The Labute approximate surface area is 119 Å². The van der Waals surface area contributed by atoms with Crippen LogP contribution >= 0.6 is 27.3 Å². The summed E-state index contributed by atoms with van der Waals surface area (Å²) in [4.78, 5) is 8.46. The van der Waals surface area contributed by atoms with Crippen molar-refractivity contribution in [1.82, 2.24) is 9.97 Å². The van der Waals surface area contributed by atoms with Crippen LogP contribution in [0.1, 0.15) is 18.9 Å². The minimum atomic E-state index is 0.770. The lowest BCUT2D eigenvalue weighted by Gasteiger charge is -2.10. The van der Waals surface area contributed by atoms with Crippen LogP contribution in [0.5, 0.6) is 0 Å². The standard InChI is InChI=1S/C12H15BrN4S/c1-2-4-14-11-10(13)12(17-8-16-11)15-6-9-3-5-18-7-9/h3,5,7-8H,2,4,6H2,1H3,(H2,14,15,16,17). The van der Waals surface area contributed by atoms with Crippen LogP contribution in [0.3, 0.4) is 0 Å². The molecule has 0 amide bonds. The van der Waals surface area contributed by atoms with Gasteiger partial charge in [-0.3, -0.25) is 0 Å². The molecule has 0 aliphatic rings. The van der Waals surface area contributed by atoms with E-state index in [0.29, 0.717) is 0 Å². The summed E-state index contributed by atoms with van der Waals surface area (Å²) in [6.45, 7) is 3.80. The largest absolute Gasteiger partial charge is 0.369 e. The van der Waals surface area contributed by atoms with Crippen LogP contribution in [0.4, 0.5) is 11.6 Å². The van der Waals surface area contributed by atoms with Gasteiger partial charge in [-0.05, 0) is 44.7 Å². The lowest BCUT2D eigenvalue weighted by atomic mass is 10.3. The molecule has 2 N–H and O–H groups in total. The van der Waals surface area contributed by atoms with E-state index in [1.165, 1.54) is 5.56 Å². The molecular formula is C12H15BrN4S. The van der Waals surface area contributed by atoms with E-state index in [1.54, 1.807) is 17.7 Å². The maximum Gasteiger partial charge on any atom is 0.146 e. The topological polar surface area (TPSA) is 49.8 Å². The molecule has 0 bridgehead atoms. The maximum atomic E-state index is 4.24. The van der Waals surface area contributed by atoms with Crippen molar-refractivity contribution in [2.24, 2.45) is 0 Å². The highest BCUT2D eigenvalue weighted by Gasteiger charge is 2.07.